The molecule has 1 unspecified atom stereocenters. The minimum absolute atomic E-state index is 0.229. The number of allylic oxidation sites excluding steroid dienone is 3. The van der Waals surface area contributed by atoms with Crippen LogP contribution in [-0.2, 0) is 4.74 Å². The molecule has 1 heteroatoms. The number of rotatable bonds is 1. The third-order valence-electron chi connectivity index (χ3n) is 1.51. The highest BCUT2D eigenvalue weighted by Gasteiger charge is 2.18. The van der Waals surface area contributed by atoms with E-state index in [9.17, 15) is 0 Å². The summed E-state index contributed by atoms with van der Waals surface area (Å²) in [6, 6.07) is 0. The van der Waals surface area contributed by atoms with E-state index in [1.807, 2.05) is 25.2 Å². The number of hydrogen-bond donors (Lipinski definition) is 0. The van der Waals surface area contributed by atoms with E-state index in [-0.39, 0.29) is 5.60 Å². The molecule has 0 aromatic heterocycles. The minimum atomic E-state index is -0.229. The molecule has 0 fully saturated rings. The van der Waals surface area contributed by atoms with Crippen molar-refractivity contribution in [2.75, 3.05) is 0 Å². The van der Waals surface area contributed by atoms with E-state index in [0.717, 1.165) is 0 Å². The highest BCUT2D eigenvalue weighted by Crippen LogP contribution is 2.19. The summed E-state index contributed by atoms with van der Waals surface area (Å²) in [4.78, 5) is 0. The molecule has 1 aliphatic heterocycles. The topological polar surface area (TPSA) is 9.23 Å². The lowest BCUT2D eigenvalue weighted by atomic mass is 10.0. The standard InChI is InChI=1S/C10H14O/c1-9(2)8-10(3)6-4-5-7-11-10/h4-8H,1-3H3. The van der Waals surface area contributed by atoms with E-state index in [1.165, 1.54) is 5.57 Å². The monoisotopic (exact) mass is 150 g/mol. The van der Waals surface area contributed by atoms with Gasteiger partial charge in [-0.2, -0.15) is 0 Å². The quantitative estimate of drug-likeness (QED) is 0.522. The Morgan fingerprint density at radius 2 is 2.09 bits per heavy atom. The first kappa shape index (κ1) is 8.12. The third-order valence-corrected chi connectivity index (χ3v) is 1.51. The molecule has 60 valence electrons. The molecule has 1 heterocycles. The molecule has 1 aliphatic rings. The summed E-state index contributed by atoms with van der Waals surface area (Å²) in [6.45, 7) is 6.18. The molecule has 1 rings (SSSR count). The Morgan fingerprint density at radius 3 is 2.55 bits per heavy atom. The lowest BCUT2D eigenvalue weighted by Gasteiger charge is -2.24. The van der Waals surface area contributed by atoms with E-state index in [2.05, 4.69) is 19.9 Å². The predicted octanol–water partition coefficient (Wildman–Crippen LogP) is 2.81. The number of ether oxygens (including phenoxy) is 1. The van der Waals surface area contributed by atoms with Crippen molar-refractivity contribution in [2.24, 2.45) is 0 Å². The molecule has 0 N–H and O–H groups in total. The van der Waals surface area contributed by atoms with Crippen molar-refractivity contribution in [1.29, 1.82) is 0 Å². The van der Waals surface area contributed by atoms with Gasteiger partial charge in [0.15, 0.2) is 0 Å². The molecule has 0 aromatic rings. The Labute approximate surface area is 68.1 Å². The van der Waals surface area contributed by atoms with Crippen LogP contribution in [0.15, 0.2) is 36.1 Å². The van der Waals surface area contributed by atoms with Crippen molar-refractivity contribution < 1.29 is 4.74 Å². The molecule has 0 spiro atoms. The van der Waals surface area contributed by atoms with Gasteiger partial charge in [-0.25, -0.2) is 0 Å². The van der Waals surface area contributed by atoms with Crippen LogP contribution in [-0.4, -0.2) is 5.60 Å². The Kier molecular flexibility index (Phi) is 2.18. The summed E-state index contributed by atoms with van der Waals surface area (Å²) in [5.41, 5.74) is 1.04. The van der Waals surface area contributed by atoms with Gasteiger partial charge in [-0.1, -0.05) is 11.6 Å². The molecule has 1 nitrogen and oxygen atoms in total. The average Bonchev–Trinajstić information content (AvgIpc) is 1.85. The molecule has 1 atom stereocenters. The normalized spacial score (nSPS) is 27.9. The van der Waals surface area contributed by atoms with Crippen molar-refractivity contribution in [1.82, 2.24) is 0 Å². The third kappa shape index (κ3) is 2.26. The lowest BCUT2D eigenvalue weighted by Crippen LogP contribution is -2.22. The van der Waals surface area contributed by atoms with E-state index in [1.54, 1.807) is 6.26 Å². The van der Waals surface area contributed by atoms with Gasteiger partial charge >= 0.3 is 0 Å². The van der Waals surface area contributed by atoms with Gasteiger partial charge in [-0.05, 0) is 39.0 Å². The molecule has 0 amide bonds. The predicted molar refractivity (Wildman–Crippen MR) is 47.2 cm³/mol. The molecule has 0 aliphatic carbocycles. The molecule has 0 saturated heterocycles. The summed E-state index contributed by atoms with van der Waals surface area (Å²) < 4.78 is 5.43. The average molecular weight is 150 g/mol. The zero-order valence-electron chi connectivity index (χ0n) is 7.29. The highest BCUT2D eigenvalue weighted by atomic mass is 16.5. The molecular formula is C10H14O. The van der Waals surface area contributed by atoms with Crippen LogP contribution in [0, 0.1) is 0 Å². The highest BCUT2D eigenvalue weighted by molar-refractivity contribution is 5.22. The SMILES string of the molecule is CC(C)=CC1(C)C=CC=CO1. The molecule has 0 saturated carbocycles. The van der Waals surface area contributed by atoms with Crippen molar-refractivity contribution in [3.05, 3.63) is 36.1 Å². The fourth-order valence-electron chi connectivity index (χ4n) is 1.17. The van der Waals surface area contributed by atoms with Crippen LogP contribution in [0.2, 0.25) is 0 Å². The van der Waals surface area contributed by atoms with Gasteiger partial charge in [0.2, 0.25) is 0 Å². The van der Waals surface area contributed by atoms with Gasteiger partial charge in [0.1, 0.15) is 5.60 Å². The molecule has 11 heavy (non-hydrogen) atoms. The van der Waals surface area contributed by atoms with Gasteiger partial charge in [-0.15, -0.1) is 0 Å². The zero-order chi connectivity index (χ0) is 8.32. The smallest absolute Gasteiger partial charge is 0.142 e. The van der Waals surface area contributed by atoms with Crippen molar-refractivity contribution in [2.45, 2.75) is 26.4 Å². The summed E-state index contributed by atoms with van der Waals surface area (Å²) in [6.07, 6.45) is 9.76. The second kappa shape index (κ2) is 2.95. The Balaban J connectivity index is 2.76. The van der Waals surface area contributed by atoms with Crippen molar-refractivity contribution in [3.8, 4) is 0 Å². The second-order valence-electron chi connectivity index (χ2n) is 3.21. The van der Waals surface area contributed by atoms with Gasteiger partial charge < -0.3 is 4.74 Å². The lowest BCUT2D eigenvalue weighted by molar-refractivity contribution is 0.128. The van der Waals surface area contributed by atoms with Crippen LogP contribution >= 0.6 is 0 Å². The van der Waals surface area contributed by atoms with Crippen LogP contribution < -0.4 is 0 Å². The van der Waals surface area contributed by atoms with E-state index < -0.39 is 0 Å². The Hall–Kier alpha value is -0.980. The summed E-state index contributed by atoms with van der Waals surface area (Å²) >= 11 is 0. The summed E-state index contributed by atoms with van der Waals surface area (Å²) in [5, 5.41) is 0. The maximum atomic E-state index is 5.43. The van der Waals surface area contributed by atoms with Crippen LogP contribution in [0.25, 0.3) is 0 Å². The summed E-state index contributed by atoms with van der Waals surface area (Å²) in [5.74, 6) is 0. The first-order chi connectivity index (χ1) is 5.12. The Morgan fingerprint density at radius 1 is 1.36 bits per heavy atom. The van der Waals surface area contributed by atoms with Crippen LogP contribution in [0.1, 0.15) is 20.8 Å². The van der Waals surface area contributed by atoms with Crippen molar-refractivity contribution >= 4 is 0 Å². The first-order valence-corrected chi connectivity index (χ1v) is 3.81. The van der Waals surface area contributed by atoms with Gasteiger partial charge in [0, 0.05) is 0 Å². The maximum Gasteiger partial charge on any atom is 0.142 e. The number of hydrogen-bond acceptors (Lipinski definition) is 1. The fraction of sp³-hybridized carbons (Fsp3) is 0.400. The van der Waals surface area contributed by atoms with Gasteiger partial charge in [0.05, 0.1) is 6.26 Å². The molecular weight excluding hydrogens is 136 g/mol. The minimum Gasteiger partial charge on any atom is -0.487 e. The molecule has 0 aromatic carbocycles. The zero-order valence-corrected chi connectivity index (χ0v) is 7.29. The summed E-state index contributed by atoms with van der Waals surface area (Å²) in [7, 11) is 0. The van der Waals surface area contributed by atoms with Gasteiger partial charge in [-0.3, -0.25) is 0 Å². The first-order valence-electron chi connectivity index (χ1n) is 3.81. The molecule has 0 bridgehead atoms. The van der Waals surface area contributed by atoms with Crippen molar-refractivity contribution in [3.63, 3.8) is 0 Å². The van der Waals surface area contributed by atoms with Crippen LogP contribution in [0.4, 0.5) is 0 Å². The molecule has 0 radical (unpaired) electrons. The largest absolute Gasteiger partial charge is 0.487 e. The maximum absolute atomic E-state index is 5.43. The van der Waals surface area contributed by atoms with E-state index in [4.69, 9.17) is 4.74 Å². The van der Waals surface area contributed by atoms with Crippen LogP contribution in [0.3, 0.4) is 0 Å². The van der Waals surface area contributed by atoms with E-state index >= 15 is 0 Å². The van der Waals surface area contributed by atoms with E-state index in [0.29, 0.717) is 0 Å². The fourth-order valence-corrected chi connectivity index (χ4v) is 1.17. The Bertz CT molecular complexity index is 219. The second-order valence-corrected chi connectivity index (χ2v) is 3.21. The van der Waals surface area contributed by atoms with Gasteiger partial charge in [0.25, 0.3) is 0 Å². The van der Waals surface area contributed by atoms with Crippen LogP contribution in [0.5, 0.6) is 0 Å².